The lowest BCUT2D eigenvalue weighted by Gasteiger charge is -2.27. The van der Waals surface area contributed by atoms with Crippen LogP contribution in [-0.4, -0.2) is 45.1 Å². The fourth-order valence-electron chi connectivity index (χ4n) is 1.17. The van der Waals surface area contributed by atoms with Crippen LogP contribution in [0.3, 0.4) is 0 Å². The van der Waals surface area contributed by atoms with Crippen LogP contribution in [0.2, 0.25) is 0 Å². The van der Waals surface area contributed by atoms with Crippen LogP contribution in [-0.2, 0) is 9.47 Å². The summed E-state index contributed by atoms with van der Waals surface area (Å²) in [7, 11) is 0. The molecule has 0 heterocycles. The van der Waals surface area contributed by atoms with Gasteiger partial charge in [-0.2, -0.15) is 0 Å². The average molecular weight is 233 g/mol. The van der Waals surface area contributed by atoms with E-state index in [1.54, 1.807) is 0 Å². The van der Waals surface area contributed by atoms with Crippen molar-refractivity contribution in [3.8, 4) is 0 Å². The lowest BCUT2D eigenvalue weighted by atomic mass is 10.0. The fraction of sp³-hybridized carbons (Fsp3) is 1.00. The van der Waals surface area contributed by atoms with Gasteiger partial charge in [0.1, 0.15) is 0 Å². The number of ether oxygens (including phenoxy) is 2. The normalized spacial score (nSPS) is 12.0. The minimum Gasteiger partial charge on any atom is -0.379 e. The van der Waals surface area contributed by atoms with E-state index in [0.717, 1.165) is 19.3 Å². The molecule has 0 bridgehead atoms. The lowest BCUT2D eigenvalue weighted by Crippen LogP contribution is -2.48. The van der Waals surface area contributed by atoms with Gasteiger partial charge in [-0.15, -0.1) is 0 Å². The first-order valence-electron chi connectivity index (χ1n) is 6.03. The topological polar surface area (TPSA) is 96.5 Å². The van der Waals surface area contributed by atoms with Gasteiger partial charge in [-0.1, -0.05) is 6.92 Å². The summed E-state index contributed by atoms with van der Waals surface area (Å²) in [5, 5.41) is 0. The summed E-state index contributed by atoms with van der Waals surface area (Å²) in [4.78, 5) is 0. The minimum atomic E-state index is -0.386. The molecule has 0 aliphatic carbocycles. The maximum absolute atomic E-state index is 6.15. The van der Waals surface area contributed by atoms with Crippen molar-refractivity contribution in [3.63, 3.8) is 0 Å². The molecule has 0 saturated heterocycles. The Hall–Kier alpha value is -0.200. The zero-order chi connectivity index (χ0) is 12.3. The maximum Gasteiger partial charge on any atom is 0.0668 e. The first-order valence-corrected chi connectivity index (χ1v) is 6.03. The van der Waals surface area contributed by atoms with E-state index >= 15 is 0 Å². The highest BCUT2D eigenvalue weighted by atomic mass is 16.5. The monoisotopic (exact) mass is 233 g/mol. The molecule has 98 valence electrons. The summed E-state index contributed by atoms with van der Waals surface area (Å²) in [6, 6.07) is 0. The van der Waals surface area contributed by atoms with E-state index in [1.165, 1.54) is 0 Å². The molecular weight excluding hydrogens is 206 g/mol. The third-order valence-electron chi connectivity index (χ3n) is 2.47. The molecule has 0 aromatic carbocycles. The summed E-state index contributed by atoms with van der Waals surface area (Å²) < 4.78 is 11.0. The van der Waals surface area contributed by atoms with Crippen LogP contribution < -0.4 is 17.2 Å². The fourth-order valence-corrected chi connectivity index (χ4v) is 1.17. The zero-order valence-electron chi connectivity index (χ0n) is 10.4. The summed E-state index contributed by atoms with van der Waals surface area (Å²) in [5.74, 6) is 0. The number of nitrogens with two attached hydrogens (primary N) is 3. The van der Waals surface area contributed by atoms with Crippen LogP contribution in [0.15, 0.2) is 0 Å². The van der Waals surface area contributed by atoms with Crippen molar-refractivity contribution in [1.29, 1.82) is 0 Å². The average Bonchev–Trinajstić information content (AvgIpc) is 2.31. The lowest BCUT2D eigenvalue weighted by molar-refractivity contribution is 0.0204. The highest BCUT2D eigenvalue weighted by Crippen LogP contribution is 2.08. The van der Waals surface area contributed by atoms with Crippen LogP contribution in [0.1, 0.15) is 26.2 Å². The van der Waals surface area contributed by atoms with Crippen molar-refractivity contribution < 1.29 is 9.47 Å². The van der Waals surface area contributed by atoms with Crippen LogP contribution in [0.4, 0.5) is 0 Å². The van der Waals surface area contributed by atoms with Gasteiger partial charge in [0.2, 0.25) is 0 Å². The standard InChI is InChI=1S/C11H27N3O2/c1-2-11(14,9-15-7-3-5-12)10-16-8-4-6-13/h2-10,12-14H2,1H3. The van der Waals surface area contributed by atoms with Gasteiger partial charge >= 0.3 is 0 Å². The highest BCUT2D eigenvalue weighted by Gasteiger charge is 2.23. The predicted octanol–water partition coefficient (Wildman–Crippen LogP) is -0.175. The van der Waals surface area contributed by atoms with Crippen molar-refractivity contribution in [3.05, 3.63) is 0 Å². The van der Waals surface area contributed by atoms with Crippen LogP contribution >= 0.6 is 0 Å². The molecule has 0 amide bonds. The molecule has 0 aromatic heterocycles. The van der Waals surface area contributed by atoms with Gasteiger partial charge in [0.15, 0.2) is 0 Å². The molecule has 0 unspecified atom stereocenters. The Morgan fingerprint density at radius 1 is 0.938 bits per heavy atom. The number of hydrogen-bond acceptors (Lipinski definition) is 5. The molecule has 0 saturated carbocycles. The molecule has 16 heavy (non-hydrogen) atoms. The largest absolute Gasteiger partial charge is 0.379 e. The molecule has 0 aliphatic heterocycles. The molecule has 0 aliphatic rings. The molecule has 0 aromatic rings. The molecule has 0 radical (unpaired) electrons. The Labute approximate surface area is 98.6 Å². The SMILES string of the molecule is CCC(N)(COCCCN)COCCCN. The Morgan fingerprint density at radius 2 is 1.38 bits per heavy atom. The van der Waals surface area contributed by atoms with Crippen molar-refractivity contribution in [2.24, 2.45) is 17.2 Å². The Kier molecular flexibility index (Phi) is 9.86. The summed E-state index contributed by atoms with van der Waals surface area (Å²) >= 11 is 0. The Morgan fingerprint density at radius 3 is 1.69 bits per heavy atom. The molecule has 5 heteroatoms. The Balaban J connectivity index is 3.64. The molecule has 5 nitrogen and oxygen atoms in total. The van der Waals surface area contributed by atoms with Crippen molar-refractivity contribution in [2.75, 3.05) is 39.5 Å². The van der Waals surface area contributed by atoms with E-state index < -0.39 is 0 Å². The molecule has 6 N–H and O–H groups in total. The predicted molar refractivity (Wildman–Crippen MR) is 66.2 cm³/mol. The van der Waals surface area contributed by atoms with E-state index in [1.807, 2.05) is 6.92 Å². The van der Waals surface area contributed by atoms with E-state index in [0.29, 0.717) is 39.5 Å². The zero-order valence-corrected chi connectivity index (χ0v) is 10.4. The van der Waals surface area contributed by atoms with Gasteiger partial charge in [-0.25, -0.2) is 0 Å². The van der Waals surface area contributed by atoms with Gasteiger partial charge in [-0.05, 0) is 32.4 Å². The van der Waals surface area contributed by atoms with Crippen LogP contribution in [0, 0.1) is 0 Å². The molecule has 0 spiro atoms. The van der Waals surface area contributed by atoms with Gasteiger partial charge in [0.05, 0.1) is 18.8 Å². The number of hydrogen-bond donors (Lipinski definition) is 3. The van der Waals surface area contributed by atoms with E-state index in [9.17, 15) is 0 Å². The molecule has 0 atom stereocenters. The second kappa shape index (κ2) is 9.99. The van der Waals surface area contributed by atoms with Gasteiger partial charge < -0.3 is 26.7 Å². The smallest absolute Gasteiger partial charge is 0.0668 e. The third-order valence-corrected chi connectivity index (χ3v) is 2.47. The van der Waals surface area contributed by atoms with Crippen molar-refractivity contribution >= 4 is 0 Å². The summed E-state index contributed by atoms with van der Waals surface area (Å²) in [5.41, 5.74) is 16.5. The second-order valence-corrected chi connectivity index (χ2v) is 4.11. The van der Waals surface area contributed by atoms with Crippen molar-refractivity contribution in [2.45, 2.75) is 31.7 Å². The van der Waals surface area contributed by atoms with Crippen LogP contribution in [0.5, 0.6) is 0 Å². The number of rotatable bonds is 11. The minimum absolute atomic E-state index is 0.386. The molecular formula is C11H27N3O2. The van der Waals surface area contributed by atoms with Gasteiger partial charge in [0.25, 0.3) is 0 Å². The summed E-state index contributed by atoms with van der Waals surface area (Å²) in [6.45, 7) is 5.71. The second-order valence-electron chi connectivity index (χ2n) is 4.11. The van der Waals surface area contributed by atoms with Gasteiger partial charge in [0, 0.05) is 13.2 Å². The highest BCUT2D eigenvalue weighted by molar-refractivity contribution is 4.82. The Bertz CT molecular complexity index is 144. The first kappa shape index (κ1) is 15.8. The quantitative estimate of drug-likeness (QED) is 0.430. The van der Waals surface area contributed by atoms with Crippen molar-refractivity contribution in [1.82, 2.24) is 0 Å². The first-order chi connectivity index (χ1) is 7.68. The maximum atomic E-state index is 6.15. The third kappa shape index (κ3) is 8.01. The van der Waals surface area contributed by atoms with E-state index in [-0.39, 0.29) is 5.54 Å². The van der Waals surface area contributed by atoms with Crippen LogP contribution in [0.25, 0.3) is 0 Å². The molecule has 0 fully saturated rings. The van der Waals surface area contributed by atoms with E-state index in [2.05, 4.69) is 0 Å². The van der Waals surface area contributed by atoms with E-state index in [4.69, 9.17) is 26.7 Å². The molecule has 0 rings (SSSR count). The van der Waals surface area contributed by atoms with Gasteiger partial charge in [-0.3, -0.25) is 0 Å². The summed E-state index contributed by atoms with van der Waals surface area (Å²) in [6.07, 6.45) is 2.57.